The van der Waals surface area contributed by atoms with E-state index in [2.05, 4.69) is 39.9 Å². The summed E-state index contributed by atoms with van der Waals surface area (Å²) in [6.07, 6.45) is 1.78. The molecule has 1 atom stereocenters. The van der Waals surface area contributed by atoms with Crippen molar-refractivity contribution in [2.75, 3.05) is 6.61 Å². The fraction of sp³-hybridized carbons (Fsp3) is 0.588. The molecule has 1 aliphatic carbocycles. The Morgan fingerprint density at radius 3 is 2.57 bits per heavy atom. The maximum atomic E-state index is 9.68. The van der Waals surface area contributed by atoms with Crippen molar-refractivity contribution in [3.63, 3.8) is 0 Å². The minimum absolute atomic E-state index is 0.191. The molecule has 0 heterocycles. The molecule has 0 bridgehead atoms. The van der Waals surface area contributed by atoms with Crippen molar-refractivity contribution in [3.05, 3.63) is 28.8 Å². The number of aromatic hydroxyl groups is 1. The van der Waals surface area contributed by atoms with Gasteiger partial charge in [0.2, 0.25) is 0 Å². The molecule has 0 spiro atoms. The maximum absolute atomic E-state index is 9.68. The van der Waals surface area contributed by atoms with Crippen molar-refractivity contribution in [1.82, 2.24) is 0 Å². The van der Waals surface area contributed by atoms with Gasteiger partial charge in [-0.1, -0.05) is 20.8 Å². The van der Waals surface area contributed by atoms with Gasteiger partial charge in [0.1, 0.15) is 5.75 Å². The van der Waals surface area contributed by atoms with Crippen LogP contribution in [0.1, 0.15) is 37.5 Å². The molecule has 1 aromatic carbocycles. The lowest BCUT2D eigenvalue weighted by Gasteiger charge is -2.37. The van der Waals surface area contributed by atoms with Gasteiger partial charge < -0.3 is 9.53 Å². The fourth-order valence-electron chi connectivity index (χ4n) is 2.57. The summed E-state index contributed by atoms with van der Waals surface area (Å²) < 4.78 is 6.31. The average Bonchev–Trinajstić information content (AvgIpc) is 2.76. The molecule has 21 heavy (non-hydrogen) atoms. The van der Waals surface area contributed by atoms with Gasteiger partial charge in [0.25, 0.3) is 0 Å². The fourth-order valence-corrected chi connectivity index (χ4v) is 3.66. The van der Waals surface area contributed by atoms with Gasteiger partial charge in [0.05, 0.1) is 11.6 Å². The summed E-state index contributed by atoms with van der Waals surface area (Å²) in [5.41, 5.74) is 2.81. The molecule has 0 saturated heterocycles. The second-order valence-electron chi connectivity index (χ2n) is 7.59. The highest BCUT2D eigenvalue weighted by atomic mass is 28.4. The Kier molecular flexibility index (Phi) is 4.19. The van der Waals surface area contributed by atoms with Gasteiger partial charge in [-0.2, -0.15) is 5.26 Å². The largest absolute Gasteiger partial charge is 0.508 e. The van der Waals surface area contributed by atoms with E-state index in [1.807, 2.05) is 0 Å². The molecular formula is C17H25NO2Si. The first-order chi connectivity index (χ1) is 9.64. The molecule has 0 aromatic heterocycles. The molecule has 4 heteroatoms. The van der Waals surface area contributed by atoms with Crippen LogP contribution in [0.15, 0.2) is 12.1 Å². The van der Waals surface area contributed by atoms with Crippen LogP contribution in [0.2, 0.25) is 18.1 Å². The summed E-state index contributed by atoms with van der Waals surface area (Å²) in [5, 5.41) is 19.1. The van der Waals surface area contributed by atoms with Gasteiger partial charge in [0, 0.05) is 6.61 Å². The van der Waals surface area contributed by atoms with E-state index in [-0.39, 0.29) is 10.8 Å². The first kappa shape index (κ1) is 16.1. The molecule has 0 amide bonds. The molecular weight excluding hydrogens is 278 g/mol. The normalized spacial score (nSPS) is 18.4. The average molecular weight is 303 g/mol. The van der Waals surface area contributed by atoms with Crippen LogP contribution in [0, 0.1) is 17.2 Å². The smallest absolute Gasteiger partial charge is 0.191 e. The van der Waals surface area contributed by atoms with Crippen molar-refractivity contribution in [1.29, 1.82) is 5.26 Å². The van der Waals surface area contributed by atoms with Crippen LogP contribution in [0.5, 0.6) is 5.75 Å². The lowest BCUT2D eigenvalue weighted by molar-refractivity contribution is 0.232. The number of phenolic OH excluding ortho intramolecular Hbond substituents is 1. The molecule has 0 aliphatic heterocycles. The number of hydrogen-bond donors (Lipinski definition) is 1. The van der Waals surface area contributed by atoms with Crippen molar-refractivity contribution in [2.24, 2.45) is 5.92 Å². The zero-order chi connectivity index (χ0) is 15.8. The summed E-state index contributed by atoms with van der Waals surface area (Å²) in [6.45, 7) is 12.0. The predicted molar refractivity (Wildman–Crippen MR) is 86.9 cm³/mol. The van der Waals surface area contributed by atoms with E-state index < -0.39 is 8.32 Å². The third kappa shape index (κ3) is 3.30. The van der Waals surface area contributed by atoms with Crippen LogP contribution in [-0.4, -0.2) is 20.0 Å². The number of phenols is 1. The molecule has 114 valence electrons. The third-order valence-corrected chi connectivity index (χ3v) is 9.44. The Bertz CT molecular complexity index is 582. The van der Waals surface area contributed by atoms with Crippen molar-refractivity contribution < 1.29 is 9.53 Å². The lowest BCUT2D eigenvalue weighted by Crippen LogP contribution is -2.42. The number of nitriles is 1. The minimum atomic E-state index is -1.72. The third-order valence-electron chi connectivity index (χ3n) is 4.93. The molecule has 0 radical (unpaired) electrons. The van der Waals surface area contributed by atoms with Gasteiger partial charge >= 0.3 is 0 Å². The zero-order valence-corrected chi connectivity index (χ0v) is 14.7. The summed E-state index contributed by atoms with van der Waals surface area (Å²) in [6, 6.07) is 5.55. The zero-order valence-electron chi connectivity index (χ0n) is 13.7. The lowest BCUT2D eigenvalue weighted by atomic mass is 10.0. The molecule has 1 aromatic rings. The van der Waals surface area contributed by atoms with Gasteiger partial charge in [-0.3, -0.25) is 0 Å². The SMILES string of the molecule is CC(C)(C)[Si](C)(C)OCC1Cc2cc(O)cc(C#N)c2C1. The highest BCUT2D eigenvalue weighted by molar-refractivity contribution is 6.74. The second kappa shape index (κ2) is 5.47. The first-order valence-electron chi connectivity index (χ1n) is 7.53. The Morgan fingerprint density at radius 2 is 2.00 bits per heavy atom. The standard InChI is InChI=1S/C17H25NO2Si/c1-17(2,3)21(4,5)20-11-12-6-13-8-15(19)9-14(10-18)16(13)7-12/h8-9,12,19H,6-7,11H2,1-5H3. The van der Waals surface area contributed by atoms with Crippen LogP contribution >= 0.6 is 0 Å². The Balaban J connectivity index is 2.06. The van der Waals surface area contributed by atoms with E-state index in [9.17, 15) is 10.4 Å². The van der Waals surface area contributed by atoms with E-state index in [1.54, 1.807) is 12.1 Å². The van der Waals surface area contributed by atoms with Gasteiger partial charge in [0.15, 0.2) is 8.32 Å². The van der Waals surface area contributed by atoms with Gasteiger partial charge in [-0.25, -0.2) is 0 Å². The molecule has 1 unspecified atom stereocenters. The molecule has 0 saturated carbocycles. The molecule has 3 nitrogen and oxygen atoms in total. The molecule has 0 fully saturated rings. The highest BCUT2D eigenvalue weighted by Crippen LogP contribution is 2.38. The van der Waals surface area contributed by atoms with E-state index in [1.165, 1.54) is 0 Å². The van der Waals surface area contributed by atoms with E-state index in [0.717, 1.165) is 30.6 Å². The van der Waals surface area contributed by atoms with Crippen LogP contribution in [0.4, 0.5) is 0 Å². The Labute approximate surface area is 128 Å². The van der Waals surface area contributed by atoms with E-state index >= 15 is 0 Å². The topological polar surface area (TPSA) is 53.2 Å². The van der Waals surface area contributed by atoms with Crippen LogP contribution in [0.3, 0.4) is 0 Å². The van der Waals surface area contributed by atoms with Crippen LogP contribution < -0.4 is 0 Å². The Morgan fingerprint density at radius 1 is 1.33 bits per heavy atom. The van der Waals surface area contributed by atoms with Crippen LogP contribution in [-0.2, 0) is 17.3 Å². The van der Waals surface area contributed by atoms with Crippen molar-refractivity contribution >= 4 is 8.32 Å². The van der Waals surface area contributed by atoms with Crippen LogP contribution in [0.25, 0.3) is 0 Å². The quantitative estimate of drug-likeness (QED) is 0.859. The van der Waals surface area contributed by atoms with Gasteiger partial charge in [-0.05, 0) is 60.2 Å². The Hall–Kier alpha value is -1.31. The van der Waals surface area contributed by atoms with E-state index in [0.29, 0.717) is 11.5 Å². The molecule has 1 N–H and O–H groups in total. The molecule has 2 rings (SSSR count). The number of hydrogen-bond acceptors (Lipinski definition) is 3. The summed E-state index contributed by atoms with van der Waals surface area (Å²) in [4.78, 5) is 0. The van der Waals surface area contributed by atoms with Crippen molar-refractivity contribution in [2.45, 2.75) is 51.7 Å². The first-order valence-corrected chi connectivity index (χ1v) is 10.4. The second-order valence-corrected chi connectivity index (χ2v) is 12.4. The maximum Gasteiger partial charge on any atom is 0.191 e. The summed E-state index contributed by atoms with van der Waals surface area (Å²) in [5.74, 6) is 0.610. The van der Waals surface area contributed by atoms with Crippen molar-refractivity contribution in [3.8, 4) is 11.8 Å². The predicted octanol–water partition coefficient (Wildman–Crippen LogP) is 4.00. The highest BCUT2D eigenvalue weighted by Gasteiger charge is 2.38. The number of rotatable bonds is 3. The monoisotopic (exact) mass is 303 g/mol. The van der Waals surface area contributed by atoms with Gasteiger partial charge in [-0.15, -0.1) is 0 Å². The minimum Gasteiger partial charge on any atom is -0.508 e. The number of fused-ring (bicyclic) bond motifs is 1. The summed E-state index contributed by atoms with van der Waals surface area (Å²) >= 11 is 0. The molecule has 1 aliphatic rings. The summed E-state index contributed by atoms with van der Waals surface area (Å²) in [7, 11) is -1.72. The van der Waals surface area contributed by atoms with E-state index in [4.69, 9.17) is 4.43 Å². The number of benzene rings is 1. The number of nitrogens with zero attached hydrogens (tertiary/aromatic N) is 1.